The Balaban J connectivity index is 1.41. The van der Waals surface area contributed by atoms with Crippen LogP contribution in [0.4, 0.5) is 4.79 Å². The first kappa shape index (κ1) is 21.3. The molecule has 4 rings (SSSR count). The van der Waals surface area contributed by atoms with Crippen molar-refractivity contribution < 1.29 is 19.4 Å². The number of nitrogens with zero attached hydrogens (tertiary/aromatic N) is 2. The average Bonchev–Trinajstić information content (AvgIpc) is 3.22. The summed E-state index contributed by atoms with van der Waals surface area (Å²) in [5.41, 5.74) is 0.803. The fraction of sp³-hybridized carbons (Fsp3) is 0.682. The van der Waals surface area contributed by atoms with Crippen molar-refractivity contribution in [2.75, 3.05) is 6.61 Å². The number of aliphatic hydroxyl groups is 1. The third kappa shape index (κ3) is 4.70. The smallest absolute Gasteiger partial charge is 0.407 e. The summed E-state index contributed by atoms with van der Waals surface area (Å²) in [6.45, 7) is 5.80. The average molecular weight is 434 g/mol. The molecule has 0 saturated heterocycles. The zero-order valence-corrected chi connectivity index (χ0v) is 18.8. The van der Waals surface area contributed by atoms with Gasteiger partial charge in [-0.05, 0) is 77.2 Å². The second kappa shape index (κ2) is 8.67. The molecule has 1 unspecified atom stereocenters. The summed E-state index contributed by atoms with van der Waals surface area (Å²) in [6, 6.07) is 0.115. The van der Waals surface area contributed by atoms with Gasteiger partial charge in [0.15, 0.2) is 0 Å². The molecule has 30 heavy (non-hydrogen) atoms. The van der Waals surface area contributed by atoms with Crippen LogP contribution in [0.15, 0.2) is 6.33 Å². The summed E-state index contributed by atoms with van der Waals surface area (Å²) in [5, 5.41) is 13.5. The molecule has 0 aliphatic heterocycles. The van der Waals surface area contributed by atoms with Gasteiger partial charge in [-0.3, -0.25) is 0 Å². The van der Waals surface area contributed by atoms with Crippen molar-refractivity contribution in [2.24, 2.45) is 0 Å². The summed E-state index contributed by atoms with van der Waals surface area (Å²) >= 11 is 1.73. The predicted octanol–water partition coefficient (Wildman–Crippen LogP) is 4.32. The molecule has 2 aliphatic rings. The molecule has 0 spiro atoms. The number of carbonyl (C=O) groups is 1. The first-order chi connectivity index (χ1) is 14.3. The van der Waals surface area contributed by atoms with Gasteiger partial charge in [0.2, 0.25) is 5.88 Å². The van der Waals surface area contributed by atoms with Crippen molar-refractivity contribution >= 4 is 27.6 Å². The highest BCUT2D eigenvalue weighted by molar-refractivity contribution is 7.19. The lowest BCUT2D eigenvalue weighted by atomic mass is 9.93. The van der Waals surface area contributed by atoms with Crippen LogP contribution >= 0.6 is 11.3 Å². The molecule has 0 bridgehead atoms. The highest BCUT2D eigenvalue weighted by Gasteiger charge is 2.31. The van der Waals surface area contributed by atoms with Gasteiger partial charge in [0.1, 0.15) is 22.9 Å². The van der Waals surface area contributed by atoms with Gasteiger partial charge < -0.3 is 19.9 Å². The number of aliphatic hydroxyl groups excluding tert-OH is 1. The standard InChI is InChI=1S/C22H31N3O4S/c1-22(2,3)29-21(27)25-14-5-7-15(8-6-14)28-19-18-17-13(10-11-26)4-9-16(17)30-20(18)24-12-23-19/h12-15,26H,4-11H2,1-3H3,(H,25,27). The number of aryl methyl sites for hydroxylation is 1. The maximum absolute atomic E-state index is 12.0. The van der Waals surface area contributed by atoms with Gasteiger partial charge in [0.05, 0.1) is 5.39 Å². The van der Waals surface area contributed by atoms with Gasteiger partial charge in [0, 0.05) is 17.5 Å². The van der Waals surface area contributed by atoms with E-state index >= 15 is 0 Å². The van der Waals surface area contributed by atoms with E-state index in [2.05, 4.69) is 15.3 Å². The van der Waals surface area contributed by atoms with Crippen molar-refractivity contribution in [3.05, 3.63) is 16.8 Å². The Morgan fingerprint density at radius 1 is 1.23 bits per heavy atom. The second-order valence-electron chi connectivity index (χ2n) is 9.28. The highest BCUT2D eigenvalue weighted by Crippen LogP contribution is 2.47. The third-order valence-electron chi connectivity index (χ3n) is 5.85. The Bertz CT molecular complexity index is 900. The number of aromatic nitrogens is 2. The topological polar surface area (TPSA) is 93.6 Å². The van der Waals surface area contributed by atoms with E-state index in [0.29, 0.717) is 11.8 Å². The van der Waals surface area contributed by atoms with Crippen LogP contribution in [0, 0.1) is 0 Å². The number of ether oxygens (including phenoxy) is 2. The first-order valence-electron chi connectivity index (χ1n) is 10.9. The van der Waals surface area contributed by atoms with Gasteiger partial charge in [0.25, 0.3) is 0 Å². The van der Waals surface area contributed by atoms with Crippen LogP contribution in [0.25, 0.3) is 10.2 Å². The minimum Gasteiger partial charge on any atom is -0.474 e. The van der Waals surface area contributed by atoms with Crippen LogP contribution in [-0.2, 0) is 11.2 Å². The minimum absolute atomic E-state index is 0.0769. The lowest BCUT2D eigenvalue weighted by Gasteiger charge is -2.30. The van der Waals surface area contributed by atoms with E-state index in [1.807, 2.05) is 20.8 Å². The van der Waals surface area contributed by atoms with Gasteiger partial charge in [-0.25, -0.2) is 14.8 Å². The van der Waals surface area contributed by atoms with Gasteiger partial charge in [-0.1, -0.05) is 0 Å². The maximum atomic E-state index is 12.0. The van der Waals surface area contributed by atoms with E-state index in [9.17, 15) is 9.90 Å². The second-order valence-corrected chi connectivity index (χ2v) is 10.4. The molecule has 1 amide bonds. The number of carbonyl (C=O) groups excluding carboxylic acids is 1. The number of rotatable bonds is 5. The first-order valence-corrected chi connectivity index (χ1v) is 11.7. The Labute approximate surface area is 181 Å². The third-order valence-corrected chi connectivity index (χ3v) is 7.02. The molecule has 2 N–H and O–H groups in total. The number of amides is 1. The van der Waals surface area contributed by atoms with Crippen LogP contribution in [-0.4, -0.2) is 45.5 Å². The summed E-state index contributed by atoms with van der Waals surface area (Å²) in [5.74, 6) is 1.03. The maximum Gasteiger partial charge on any atom is 0.407 e. The number of nitrogens with one attached hydrogen (secondary N) is 1. The molecule has 0 aromatic carbocycles. The summed E-state index contributed by atoms with van der Waals surface area (Å²) in [7, 11) is 0. The quantitative estimate of drug-likeness (QED) is 0.729. The van der Waals surface area contributed by atoms with Crippen LogP contribution in [0.3, 0.4) is 0 Å². The molecule has 1 fully saturated rings. The van der Waals surface area contributed by atoms with E-state index in [0.717, 1.165) is 55.2 Å². The van der Waals surface area contributed by atoms with Crippen molar-refractivity contribution in [2.45, 2.75) is 89.4 Å². The van der Waals surface area contributed by atoms with Crippen molar-refractivity contribution in [1.29, 1.82) is 0 Å². The van der Waals surface area contributed by atoms with Crippen molar-refractivity contribution in [3.63, 3.8) is 0 Å². The molecule has 7 nitrogen and oxygen atoms in total. The van der Waals surface area contributed by atoms with Crippen LogP contribution in [0.2, 0.25) is 0 Å². The number of alkyl carbamates (subject to hydrolysis) is 1. The fourth-order valence-electron chi connectivity index (χ4n) is 4.53. The fourth-order valence-corrected chi connectivity index (χ4v) is 5.76. The van der Waals surface area contributed by atoms with Crippen molar-refractivity contribution in [3.8, 4) is 5.88 Å². The normalized spacial score (nSPS) is 23.9. The van der Waals surface area contributed by atoms with Crippen LogP contribution < -0.4 is 10.1 Å². The molecule has 1 saturated carbocycles. The molecule has 1 atom stereocenters. The number of hydrogen-bond acceptors (Lipinski definition) is 7. The van der Waals surface area contributed by atoms with Crippen LogP contribution in [0.5, 0.6) is 5.88 Å². The Kier molecular flexibility index (Phi) is 6.16. The SMILES string of the molecule is CC(C)(C)OC(=O)NC1CCC(Oc2ncnc3sc4c(c23)C(CCO)CC4)CC1. The Hall–Kier alpha value is -1.93. The minimum atomic E-state index is -0.489. The summed E-state index contributed by atoms with van der Waals surface area (Å²) in [6.07, 6.45) is 7.63. The molecule has 2 aromatic heterocycles. The zero-order chi connectivity index (χ0) is 21.3. The number of fused-ring (bicyclic) bond motifs is 3. The number of hydrogen-bond donors (Lipinski definition) is 2. The van der Waals surface area contributed by atoms with Crippen molar-refractivity contribution in [1.82, 2.24) is 15.3 Å². The monoisotopic (exact) mass is 433 g/mol. The molecule has 8 heteroatoms. The van der Waals surface area contributed by atoms with Gasteiger partial charge in [-0.2, -0.15) is 0 Å². The molecular formula is C22H31N3O4S. The summed E-state index contributed by atoms with van der Waals surface area (Å²) in [4.78, 5) is 23.3. The predicted molar refractivity (Wildman–Crippen MR) is 116 cm³/mol. The molecule has 2 heterocycles. The van der Waals surface area contributed by atoms with E-state index in [-0.39, 0.29) is 24.8 Å². The van der Waals surface area contributed by atoms with E-state index in [1.54, 1.807) is 17.7 Å². The molecule has 0 radical (unpaired) electrons. The molecule has 164 valence electrons. The van der Waals surface area contributed by atoms with Crippen LogP contribution in [0.1, 0.15) is 75.7 Å². The zero-order valence-electron chi connectivity index (χ0n) is 17.9. The summed E-state index contributed by atoms with van der Waals surface area (Å²) < 4.78 is 11.7. The van der Waals surface area contributed by atoms with Gasteiger partial charge in [-0.15, -0.1) is 11.3 Å². The van der Waals surface area contributed by atoms with E-state index in [4.69, 9.17) is 9.47 Å². The Morgan fingerprint density at radius 3 is 2.70 bits per heavy atom. The largest absolute Gasteiger partial charge is 0.474 e. The van der Waals surface area contributed by atoms with E-state index in [1.165, 1.54) is 10.4 Å². The molecular weight excluding hydrogens is 402 g/mol. The lowest BCUT2D eigenvalue weighted by Crippen LogP contribution is -2.42. The van der Waals surface area contributed by atoms with Gasteiger partial charge >= 0.3 is 6.09 Å². The Morgan fingerprint density at radius 2 is 2.00 bits per heavy atom. The molecule has 2 aliphatic carbocycles. The lowest BCUT2D eigenvalue weighted by molar-refractivity contribution is 0.0470. The van der Waals surface area contributed by atoms with E-state index < -0.39 is 5.60 Å². The number of thiophene rings is 1. The highest BCUT2D eigenvalue weighted by atomic mass is 32.1. The molecule has 2 aromatic rings.